The monoisotopic (exact) mass is 424 g/mol. The summed E-state index contributed by atoms with van der Waals surface area (Å²) >= 11 is 5.90. The van der Waals surface area contributed by atoms with E-state index in [4.69, 9.17) is 23.1 Å². The van der Waals surface area contributed by atoms with Crippen LogP contribution in [-0.2, 0) is 13.0 Å². The highest BCUT2D eigenvalue weighted by molar-refractivity contribution is 6.30. The highest BCUT2D eigenvalue weighted by Crippen LogP contribution is 2.25. The van der Waals surface area contributed by atoms with E-state index in [2.05, 4.69) is 9.98 Å². The Labute approximate surface area is 179 Å². The maximum absolute atomic E-state index is 13.5. The van der Waals surface area contributed by atoms with Gasteiger partial charge in [-0.05, 0) is 84.1 Å². The summed E-state index contributed by atoms with van der Waals surface area (Å²) < 4.78 is 13.5. The minimum Gasteiger partial charge on any atom is -0.370 e. The van der Waals surface area contributed by atoms with Crippen LogP contribution in [0.5, 0.6) is 0 Å². The molecule has 0 saturated carbocycles. The van der Waals surface area contributed by atoms with Gasteiger partial charge < -0.3 is 11.5 Å². The molecule has 0 unspecified atom stereocenters. The number of halogens is 2. The number of nitrogens with two attached hydrogens (primary N) is 2. The van der Waals surface area contributed by atoms with Crippen LogP contribution >= 0.6 is 11.6 Å². The number of aliphatic imine (C=N–C) groups is 1. The molecule has 0 fully saturated rings. The van der Waals surface area contributed by atoms with Crippen molar-refractivity contribution in [1.82, 2.24) is 4.98 Å². The number of aromatic nitrogens is 1. The topological polar surface area (TPSA) is 94.4 Å². The predicted molar refractivity (Wildman–Crippen MR) is 118 cm³/mol. The van der Waals surface area contributed by atoms with Gasteiger partial charge in [0.2, 0.25) is 0 Å². The molecule has 0 atom stereocenters. The molecular formula is C23H22ClFN4O. The number of hydrogen-bond donors (Lipinski definition) is 2. The molecule has 0 spiro atoms. The van der Waals surface area contributed by atoms with E-state index in [0.717, 1.165) is 22.4 Å². The fourth-order valence-corrected chi connectivity index (χ4v) is 3.42. The van der Waals surface area contributed by atoms with Crippen LogP contribution in [0.4, 0.5) is 4.39 Å². The summed E-state index contributed by atoms with van der Waals surface area (Å²) in [6, 6.07) is 13.7. The first-order chi connectivity index (χ1) is 14.3. The number of carbonyl (C=O) groups excluding carboxylic acids is 1. The number of guanidine groups is 1. The lowest BCUT2D eigenvalue weighted by atomic mass is 9.96. The summed E-state index contributed by atoms with van der Waals surface area (Å²) in [5.41, 5.74) is 15.6. The summed E-state index contributed by atoms with van der Waals surface area (Å²) in [6.07, 6.45) is 2.33. The van der Waals surface area contributed by atoms with Crippen molar-refractivity contribution in [3.63, 3.8) is 0 Å². The summed E-state index contributed by atoms with van der Waals surface area (Å²) in [4.78, 5) is 21.2. The molecule has 154 valence electrons. The number of carbonyl (C=O) groups is 1. The fraction of sp³-hybridized carbons (Fsp3) is 0.174. The Hall–Kier alpha value is -3.25. The van der Waals surface area contributed by atoms with E-state index in [0.29, 0.717) is 22.6 Å². The molecule has 1 aromatic heterocycles. The van der Waals surface area contributed by atoms with E-state index in [1.807, 2.05) is 31.2 Å². The van der Waals surface area contributed by atoms with Crippen LogP contribution in [-0.4, -0.2) is 16.7 Å². The van der Waals surface area contributed by atoms with E-state index in [1.54, 1.807) is 18.3 Å². The maximum atomic E-state index is 13.5. The predicted octanol–water partition coefficient (Wildman–Crippen LogP) is 4.44. The van der Waals surface area contributed by atoms with Gasteiger partial charge in [0.25, 0.3) is 0 Å². The molecular weight excluding hydrogens is 403 g/mol. The number of Topliss-reactive ketones (excluding diaryl/α,β-unsaturated/α-hetero) is 1. The van der Waals surface area contributed by atoms with Crippen molar-refractivity contribution in [3.8, 4) is 11.1 Å². The number of pyridine rings is 1. The number of hydrogen-bond acceptors (Lipinski definition) is 3. The molecule has 7 heteroatoms. The Kier molecular flexibility index (Phi) is 6.79. The third-order valence-electron chi connectivity index (χ3n) is 4.55. The number of benzene rings is 2. The highest BCUT2D eigenvalue weighted by atomic mass is 35.5. The molecule has 3 rings (SSSR count). The maximum Gasteiger partial charge on any atom is 0.186 e. The van der Waals surface area contributed by atoms with Crippen molar-refractivity contribution in [3.05, 3.63) is 88.0 Å². The van der Waals surface area contributed by atoms with E-state index >= 15 is 0 Å². The molecule has 0 aliphatic rings. The van der Waals surface area contributed by atoms with Gasteiger partial charge in [-0.15, -0.1) is 0 Å². The number of ketones is 1. The Morgan fingerprint density at radius 1 is 1.07 bits per heavy atom. The fourth-order valence-electron chi connectivity index (χ4n) is 3.18. The van der Waals surface area contributed by atoms with Gasteiger partial charge in [0.1, 0.15) is 5.82 Å². The molecule has 0 amide bonds. The highest BCUT2D eigenvalue weighted by Gasteiger charge is 2.12. The molecule has 5 nitrogen and oxygen atoms in total. The quantitative estimate of drug-likeness (QED) is 0.333. The van der Waals surface area contributed by atoms with Crippen LogP contribution in [0.2, 0.25) is 5.02 Å². The lowest BCUT2D eigenvalue weighted by Gasteiger charge is -2.10. The zero-order valence-electron chi connectivity index (χ0n) is 16.5. The first kappa shape index (κ1) is 21.5. The van der Waals surface area contributed by atoms with E-state index in [1.165, 1.54) is 12.1 Å². The molecule has 4 N–H and O–H groups in total. The largest absolute Gasteiger partial charge is 0.370 e. The average Bonchev–Trinajstić information content (AvgIpc) is 2.69. The Morgan fingerprint density at radius 2 is 1.87 bits per heavy atom. The zero-order valence-corrected chi connectivity index (χ0v) is 17.3. The zero-order chi connectivity index (χ0) is 21.7. The van der Waals surface area contributed by atoms with E-state index in [9.17, 15) is 9.18 Å². The number of aryl methyl sites for hydroxylation is 2. The summed E-state index contributed by atoms with van der Waals surface area (Å²) in [7, 11) is 0. The lowest BCUT2D eigenvalue weighted by Crippen LogP contribution is -2.22. The van der Waals surface area contributed by atoms with Gasteiger partial charge in [0.15, 0.2) is 11.7 Å². The van der Waals surface area contributed by atoms with Crippen LogP contribution in [0.1, 0.15) is 33.6 Å². The molecule has 1 heterocycles. The second kappa shape index (κ2) is 9.50. The number of rotatable bonds is 7. The van der Waals surface area contributed by atoms with Crippen molar-refractivity contribution in [2.45, 2.75) is 26.3 Å². The smallest absolute Gasteiger partial charge is 0.186 e. The average molecular weight is 425 g/mol. The molecule has 30 heavy (non-hydrogen) atoms. The summed E-state index contributed by atoms with van der Waals surface area (Å²) in [5, 5.41) is 0.312. The van der Waals surface area contributed by atoms with Gasteiger partial charge in [-0.3, -0.25) is 9.78 Å². The van der Waals surface area contributed by atoms with Crippen molar-refractivity contribution < 1.29 is 9.18 Å². The van der Waals surface area contributed by atoms with Gasteiger partial charge in [-0.25, -0.2) is 9.38 Å². The molecule has 3 aromatic rings. The molecule has 2 aromatic carbocycles. The van der Waals surface area contributed by atoms with Crippen LogP contribution in [0.25, 0.3) is 11.1 Å². The molecule has 0 aliphatic heterocycles. The van der Waals surface area contributed by atoms with Crippen LogP contribution in [0.3, 0.4) is 0 Å². The van der Waals surface area contributed by atoms with Gasteiger partial charge in [0, 0.05) is 28.9 Å². The van der Waals surface area contributed by atoms with Crippen molar-refractivity contribution in [1.29, 1.82) is 0 Å². The van der Waals surface area contributed by atoms with Crippen molar-refractivity contribution in [2.75, 3.05) is 0 Å². The minimum atomic E-state index is -0.417. The summed E-state index contributed by atoms with van der Waals surface area (Å²) in [5.74, 6) is -0.496. The first-order valence-corrected chi connectivity index (χ1v) is 9.78. The molecule has 0 saturated heterocycles. The van der Waals surface area contributed by atoms with Gasteiger partial charge in [-0.2, -0.15) is 0 Å². The molecule has 0 radical (unpaired) electrons. The lowest BCUT2D eigenvalue weighted by molar-refractivity contribution is 0.0982. The van der Waals surface area contributed by atoms with Gasteiger partial charge >= 0.3 is 0 Å². The van der Waals surface area contributed by atoms with E-state index in [-0.39, 0.29) is 24.7 Å². The standard InChI is InChI=1S/C23H22ClFN4O/c1-14-6-17(4-5-28-14)18-7-16(13-29-23(26)27)8-19(11-18)22(30)3-2-15-9-20(24)12-21(25)10-15/h4-12H,2-3,13H2,1H3,(H4,26,27,29). The van der Waals surface area contributed by atoms with Crippen LogP contribution in [0.15, 0.2) is 59.7 Å². The van der Waals surface area contributed by atoms with Crippen molar-refractivity contribution in [2.24, 2.45) is 16.5 Å². The summed E-state index contributed by atoms with van der Waals surface area (Å²) in [6.45, 7) is 2.17. The van der Waals surface area contributed by atoms with Crippen LogP contribution in [0, 0.1) is 12.7 Å². The van der Waals surface area contributed by atoms with Crippen molar-refractivity contribution >= 4 is 23.3 Å². The molecule has 0 aliphatic carbocycles. The number of nitrogens with zero attached hydrogens (tertiary/aromatic N) is 2. The van der Waals surface area contributed by atoms with Gasteiger partial charge in [-0.1, -0.05) is 11.6 Å². The molecule has 0 bridgehead atoms. The van der Waals surface area contributed by atoms with E-state index < -0.39 is 5.82 Å². The Balaban J connectivity index is 1.89. The third-order valence-corrected chi connectivity index (χ3v) is 4.77. The van der Waals surface area contributed by atoms with Gasteiger partial charge in [0.05, 0.1) is 6.54 Å². The third kappa shape index (κ3) is 5.87. The Morgan fingerprint density at radius 3 is 2.57 bits per heavy atom. The second-order valence-corrected chi connectivity index (χ2v) is 7.48. The normalized spacial score (nSPS) is 10.6. The van der Waals surface area contributed by atoms with Crippen LogP contribution < -0.4 is 11.5 Å². The first-order valence-electron chi connectivity index (χ1n) is 9.41. The Bertz CT molecular complexity index is 1090. The SMILES string of the molecule is Cc1cc(-c2cc(CN=C(N)N)cc(C(=O)CCc3cc(F)cc(Cl)c3)c2)ccn1. The second-order valence-electron chi connectivity index (χ2n) is 7.05. The minimum absolute atomic E-state index is 0.0176.